The molecule has 0 radical (unpaired) electrons. The SMILES string of the molecule is CC(C)CNC(=O)[C@@H](Cc1ccccc1)N(Cc1ccc(Cl)c(Cl)c1)C(=O)CSCc1ccc(Cl)c(Cl)c1. The van der Waals surface area contributed by atoms with Crippen LogP contribution in [0.5, 0.6) is 0 Å². The van der Waals surface area contributed by atoms with Gasteiger partial charge < -0.3 is 10.2 Å². The Labute approximate surface area is 249 Å². The number of nitrogens with zero attached hydrogens (tertiary/aromatic N) is 1. The lowest BCUT2D eigenvalue weighted by molar-refractivity contribution is -0.139. The largest absolute Gasteiger partial charge is 0.354 e. The summed E-state index contributed by atoms with van der Waals surface area (Å²) in [6, 6.07) is 19.7. The van der Waals surface area contributed by atoms with Gasteiger partial charge in [-0.2, -0.15) is 0 Å². The van der Waals surface area contributed by atoms with Gasteiger partial charge in [0.1, 0.15) is 6.04 Å². The summed E-state index contributed by atoms with van der Waals surface area (Å²) in [5, 5.41) is 4.81. The van der Waals surface area contributed by atoms with E-state index < -0.39 is 6.04 Å². The maximum atomic E-state index is 13.7. The minimum absolute atomic E-state index is 0.151. The highest BCUT2D eigenvalue weighted by molar-refractivity contribution is 7.99. The van der Waals surface area contributed by atoms with Crippen LogP contribution in [0.1, 0.15) is 30.5 Å². The molecule has 4 nitrogen and oxygen atoms in total. The molecule has 0 saturated heterocycles. The average molecular weight is 612 g/mol. The molecule has 0 fully saturated rings. The van der Waals surface area contributed by atoms with Gasteiger partial charge in [0.25, 0.3) is 0 Å². The van der Waals surface area contributed by atoms with E-state index in [1.807, 2.05) is 56.3 Å². The van der Waals surface area contributed by atoms with Crippen LogP contribution in [0.3, 0.4) is 0 Å². The molecule has 38 heavy (non-hydrogen) atoms. The van der Waals surface area contributed by atoms with Crippen LogP contribution in [0.2, 0.25) is 20.1 Å². The van der Waals surface area contributed by atoms with Crippen molar-refractivity contribution in [1.82, 2.24) is 10.2 Å². The molecule has 0 bridgehead atoms. The van der Waals surface area contributed by atoms with Gasteiger partial charge in [0, 0.05) is 25.3 Å². The first-order valence-electron chi connectivity index (χ1n) is 12.2. The first-order valence-corrected chi connectivity index (χ1v) is 14.9. The fourth-order valence-electron chi connectivity index (χ4n) is 3.78. The van der Waals surface area contributed by atoms with Crippen molar-refractivity contribution in [2.24, 2.45) is 5.92 Å². The zero-order valence-corrected chi connectivity index (χ0v) is 25.1. The van der Waals surface area contributed by atoms with E-state index in [4.69, 9.17) is 46.4 Å². The predicted molar refractivity (Wildman–Crippen MR) is 161 cm³/mol. The molecule has 0 aromatic heterocycles. The second kappa shape index (κ2) is 15.0. The van der Waals surface area contributed by atoms with Gasteiger partial charge in [-0.3, -0.25) is 9.59 Å². The Kier molecular flexibility index (Phi) is 12.1. The molecular weight excluding hydrogens is 582 g/mol. The lowest BCUT2D eigenvalue weighted by Crippen LogP contribution is -2.51. The Morgan fingerprint density at radius 2 is 1.42 bits per heavy atom. The van der Waals surface area contributed by atoms with Gasteiger partial charge in [0.05, 0.1) is 25.8 Å². The van der Waals surface area contributed by atoms with Crippen molar-refractivity contribution in [2.45, 2.75) is 38.6 Å². The number of carbonyl (C=O) groups is 2. The maximum Gasteiger partial charge on any atom is 0.243 e. The number of nitrogens with one attached hydrogen (secondary N) is 1. The first kappa shape index (κ1) is 30.6. The third kappa shape index (κ3) is 9.39. The van der Waals surface area contributed by atoms with Crippen molar-refractivity contribution in [1.29, 1.82) is 0 Å². The van der Waals surface area contributed by atoms with Gasteiger partial charge in [0.15, 0.2) is 0 Å². The molecule has 0 spiro atoms. The number of hydrogen-bond acceptors (Lipinski definition) is 3. The highest BCUT2D eigenvalue weighted by atomic mass is 35.5. The van der Waals surface area contributed by atoms with E-state index in [1.165, 1.54) is 11.8 Å². The Morgan fingerprint density at radius 3 is 2.03 bits per heavy atom. The molecule has 1 atom stereocenters. The molecule has 3 rings (SSSR count). The van der Waals surface area contributed by atoms with Crippen LogP contribution in [-0.2, 0) is 28.3 Å². The number of benzene rings is 3. The average Bonchev–Trinajstić information content (AvgIpc) is 2.89. The molecule has 1 N–H and O–H groups in total. The van der Waals surface area contributed by atoms with Crippen LogP contribution in [0.25, 0.3) is 0 Å². The van der Waals surface area contributed by atoms with E-state index in [1.54, 1.807) is 29.2 Å². The number of amides is 2. The lowest BCUT2D eigenvalue weighted by Gasteiger charge is -2.32. The smallest absolute Gasteiger partial charge is 0.243 e. The van der Waals surface area contributed by atoms with Crippen molar-refractivity contribution in [3.05, 3.63) is 104 Å². The molecule has 3 aromatic rings. The van der Waals surface area contributed by atoms with Gasteiger partial charge in [-0.1, -0.05) is 103 Å². The molecule has 0 aliphatic heterocycles. The summed E-state index contributed by atoms with van der Waals surface area (Å²) in [6.45, 7) is 4.80. The normalized spacial score (nSPS) is 11.9. The van der Waals surface area contributed by atoms with E-state index >= 15 is 0 Å². The molecule has 2 amide bonds. The van der Waals surface area contributed by atoms with Crippen LogP contribution >= 0.6 is 58.2 Å². The van der Waals surface area contributed by atoms with Crippen molar-refractivity contribution in [3.8, 4) is 0 Å². The third-order valence-corrected chi connectivity index (χ3v) is 8.24. The standard InChI is InChI=1S/C29H30Cl4N2O2S/c1-19(2)15-34-29(37)27(14-20-6-4-3-5-7-20)35(16-21-8-10-23(30)25(32)12-21)28(36)18-38-17-22-9-11-24(31)26(33)13-22/h3-13,19,27H,14-18H2,1-2H3,(H,34,37)/t27-/m1/s1. The van der Waals surface area contributed by atoms with Crippen LogP contribution in [-0.4, -0.2) is 35.1 Å². The quantitative estimate of drug-likeness (QED) is 0.226. The number of carbonyl (C=O) groups excluding carboxylic acids is 2. The minimum atomic E-state index is -0.705. The molecule has 0 heterocycles. The zero-order valence-electron chi connectivity index (χ0n) is 21.2. The second-order valence-corrected chi connectivity index (χ2v) is 12.0. The van der Waals surface area contributed by atoms with Crippen molar-refractivity contribution >= 4 is 70.0 Å². The summed E-state index contributed by atoms with van der Waals surface area (Å²) >= 11 is 26.0. The monoisotopic (exact) mass is 610 g/mol. The Balaban J connectivity index is 1.86. The van der Waals surface area contributed by atoms with E-state index in [2.05, 4.69) is 5.32 Å². The summed E-state index contributed by atoms with van der Waals surface area (Å²) < 4.78 is 0. The first-order chi connectivity index (χ1) is 18.1. The molecule has 0 aliphatic carbocycles. The van der Waals surface area contributed by atoms with Crippen molar-refractivity contribution in [2.75, 3.05) is 12.3 Å². The van der Waals surface area contributed by atoms with E-state index in [-0.39, 0.29) is 30.0 Å². The van der Waals surface area contributed by atoms with Crippen molar-refractivity contribution < 1.29 is 9.59 Å². The van der Waals surface area contributed by atoms with Gasteiger partial charge >= 0.3 is 0 Å². The zero-order chi connectivity index (χ0) is 27.7. The number of thioether (sulfide) groups is 1. The third-order valence-electron chi connectivity index (χ3n) is 5.77. The lowest BCUT2D eigenvalue weighted by atomic mass is 10.0. The maximum absolute atomic E-state index is 13.7. The number of rotatable bonds is 12. The molecule has 9 heteroatoms. The van der Waals surface area contributed by atoms with Crippen molar-refractivity contribution in [3.63, 3.8) is 0 Å². The number of hydrogen-bond donors (Lipinski definition) is 1. The van der Waals surface area contributed by atoms with E-state index in [0.29, 0.717) is 38.8 Å². The van der Waals surface area contributed by atoms with Gasteiger partial charge in [-0.25, -0.2) is 0 Å². The van der Waals surface area contributed by atoms with E-state index in [9.17, 15) is 9.59 Å². The minimum Gasteiger partial charge on any atom is -0.354 e. The Hall–Kier alpha value is -1.89. The summed E-state index contributed by atoms with van der Waals surface area (Å²) in [6.07, 6.45) is 0.384. The molecule has 0 aliphatic rings. The summed E-state index contributed by atoms with van der Waals surface area (Å²) in [7, 11) is 0. The molecule has 202 valence electrons. The van der Waals surface area contributed by atoms with Crippen LogP contribution in [0.15, 0.2) is 66.7 Å². The van der Waals surface area contributed by atoms with Crippen LogP contribution in [0, 0.1) is 5.92 Å². The highest BCUT2D eigenvalue weighted by Crippen LogP contribution is 2.26. The highest BCUT2D eigenvalue weighted by Gasteiger charge is 2.30. The second-order valence-electron chi connectivity index (χ2n) is 9.36. The Bertz CT molecular complexity index is 1240. The van der Waals surface area contributed by atoms with E-state index in [0.717, 1.165) is 16.7 Å². The Morgan fingerprint density at radius 1 is 0.816 bits per heavy atom. The summed E-state index contributed by atoms with van der Waals surface area (Å²) in [5.41, 5.74) is 2.72. The fourth-order valence-corrected chi connectivity index (χ4v) is 5.28. The predicted octanol–water partition coefficient (Wildman–Crippen LogP) is 7.95. The molecule has 0 saturated carbocycles. The van der Waals surface area contributed by atoms with Crippen LogP contribution < -0.4 is 5.32 Å². The topological polar surface area (TPSA) is 49.4 Å². The van der Waals surface area contributed by atoms with Crippen LogP contribution in [0.4, 0.5) is 0 Å². The fraction of sp³-hybridized carbons (Fsp3) is 0.310. The van der Waals surface area contributed by atoms with Gasteiger partial charge in [0.2, 0.25) is 11.8 Å². The molecule has 3 aromatic carbocycles. The summed E-state index contributed by atoms with van der Waals surface area (Å²) in [5.74, 6) is 0.695. The van der Waals surface area contributed by atoms with Gasteiger partial charge in [-0.05, 0) is 46.9 Å². The molecular formula is C29H30Cl4N2O2S. The van der Waals surface area contributed by atoms with Gasteiger partial charge in [-0.15, -0.1) is 11.8 Å². The number of halogens is 4. The molecule has 0 unspecified atom stereocenters. The summed E-state index contributed by atoms with van der Waals surface area (Å²) in [4.78, 5) is 28.8.